The summed E-state index contributed by atoms with van der Waals surface area (Å²) in [6.45, 7) is 0.561. The van der Waals surface area contributed by atoms with Crippen molar-refractivity contribution in [2.45, 2.75) is 6.42 Å². The van der Waals surface area contributed by atoms with Crippen molar-refractivity contribution in [3.05, 3.63) is 35.6 Å². The zero-order chi connectivity index (χ0) is 12.2. The minimum Gasteiger partial charge on any atom is -0.294 e. The Morgan fingerprint density at radius 2 is 2.12 bits per heavy atom. The molecule has 0 spiro atoms. The van der Waals surface area contributed by atoms with Gasteiger partial charge in [-0.05, 0) is 12.1 Å². The van der Waals surface area contributed by atoms with Crippen molar-refractivity contribution in [2.75, 3.05) is 27.7 Å². The molecule has 1 aromatic carbocycles. The standard InChI is InChI=1S/C12H17FNO2/c1-14(2,16-3)8-7-12(15)10-5-4-6-11(13)9-10/h4-6,9H,7-8H2,1-3H3/q+1. The number of nitrogens with zero attached hydrogens (tertiary/aromatic N) is 1. The molecule has 0 unspecified atom stereocenters. The molecule has 1 rings (SSSR count). The summed E-state index contributed by atoms with van der Waals surface area (Å²) in [4.78, 5) is 16.9. The minimum atomic E-state index is -0.383. The Morgan fingerprint density at radius 3 is 2.69 bits per heavy atom. The number of carbonyl (C=O) groups is 1. The van der Waals surface area contributed by atoms with Crippen LogP contribution in [0.25, 0.3) is 0 Å². The van der Waals surface area contributed by atoms with E-state index >= 15 is 0 Å². The minimum absolute atomic E-state index is 0.0669. The average Bonchev–Trinajstić information content (AvgIpc) is 2.26. The van der Waals surface area contributed by atoms with Gasteiger partial charge >= 0.3 is 0 Å². The van der Waals surface area contributed by atoms with Crippen LogP contribution in [0, 0.1) is 5.82 Å². The van der Waals surface area contributed by atoms with Crippen LogP contribution in [-0.4, -0.2) is 38.2 Å². The molecule has 0 aromatic heterocycles. The number of carbonyl (C=O) groups excluding carboxylic acids is 1. The van der Waals surface area contributed by atoms with Crippen molar-refractivity contribution in [1.82, 2.24) is 0 Å². The molecule has 1 aromatic rings. The number of hydroxylamine groups is 3. The molecule has 0 radical (unpaired) electrons. The lowest BCUT2D eigenvalue weighted by Crippen LogP contribution is -2.39. The van der Waals surface area contributed by atoms with Crippen LogP contribution < -0.4 is 0 Å². The average molecular weight is 226 g/mol. The van der Waals surface area contributed by atoms with Crippen molar-refractivity contribution in [3.63, 3.8) is 0 Å². The molecule has 0 heterocycles. The fraction of sp³-hybridized carbons (Fsp3) is 0.417. The van der Waals surface area contributed by atoms with Gasteiger partial charge in [0.15, 0.2) is 5.78 Å². The first-order valence-electron chi connectivity index (χ1n) is 5.12. The highest BCUT2D eigenvalue weighted by atomic mass is 19.1. The summed E-state index contributed by atoms with van der Waals surface area (Å²) in [7, 11) is 5.31. The Labute approximate surface area is 95.0 Å². The summed E-state index contributed by atoms with van der Waals surface area (Å²) in [5.74, 6) is -0.450. The molecule has 0 aliphatic carbocycles. The van der Waals surface area contributed by atoms with E-state index in [-0.39, 0.29) is 11.6 Å². The van der Waals surface area contributed by atoms with Gasteiger partial charge < -0.3 is 0 Å². The Morgan fingerprint density at radius 1 is 1.44 bits per heavy atom. The van der Waals surface area contributed by atoms with Crippen molar-refractivity contribution < 1.29 is 18.7 Å². The Kier molecular flexibility index (Phi) is 4.15. The van der Waals surface area contributed by atoms with Crippen molar-refractivity contribution >= 4 is 5.78 Å². The first kappa shape index (κ1) is 12.8. The van der Waals surface area contributed by atoms with Crippen LogP contribution in [0.5, 0.6) is 0 Å². The maximum atomic E-state index is 12.9. The second-order valence-electron chi connectivity index (χ2n) is 4.16. The lowest BCUT2D eigenvalue weighted by atomic mass is 10.1. The van der Waals surface area contributed by atoms with E-state index in [0.29, 0.717) is 23.2 Å². The number of hydrogen-bond acceptors (Lipinski definition) is 2. The third-order valence-electron chi connectivity index (χ3n) is 2.52. The van der Waals surface area contributed by atoms with E-state index in [2.05, 4.69) is 0 Å². The molecule has 16 heavy (non-hydrogen) atoms. The van der Waals surface area contributed by atoms with Crippen molar-refractivity contribution in [2.24, 2.45) is 0 Å². The summed E-state index contributed by atoms with van der Waals surface area (Å²) < 4.78 is 13.2. The third kappa shape index (κ3) is 3.72. The molecule has 0 aliphatic rings. The number of benzene rings is 1. The molecule has 0 amide bonds. The monoisotopic (exact) mass is 226 g/mol. The summed E-state index contributed by atoms with van der Waals surface area (Å²) in [5.41, 5.74) is 0.413. The second-order valence-corrected chi connectivity index (χ2v) is 4.16. The first-order chi connectivity index (χ1) is 7.44. The maximum Gasteiger partial charge on any atom is 0.168 e. The topological polar surface area (TPSA) is 26.3 Å². The van der Waals surface area contributed by atoms with Crippen LogP contribution >= 0.6 is 0 Å². The van der Waals surface area contributed by atoms with Gasteiger partial charge in [0.05, 0.1) is 27.6 Å². The van der Waals surface area contributed by atoms with Crippen LogP contribution in [-0.2, 0) is 4.84 Å². The van der Waals surface area contributed by atoms with Gasteiger partial charge in [0.25, 0.3) is 0 Å². The highest BCUT2D eigenvalue weighted by Gasteiger charge is 2.17. The fourth-order valence-corrected chi connectivity index (χ4v) is 1.27. The molecule has 4 heteroatoms. The zero-order valence-corrected chi connectivity index (χ0v) is 9.87. The number of halogens is 1. The molecule has 88 valence electrons. The molecular formula is C12H17FNO2+. The predicted octanol–water partition coefficient (Wildman–Crippen LogP) is 2.04. The van der Waals surface area contributed by atoms with Gasteiger partial charge in [-0.1, -0.05) is 12.1 Å². The molecule has 0 aliphatic heterocycles. The predicted molar refractivity (Wildman–Crippen MR) is 59.3 cm³/mol. The van der Waals surface area contributed by atoms with E-state index < -0.39 is 0 Å². The van der Waals surface area contributed by atoms with Crippen LogP contribution in [0.3, 0.4) is 0 Å². The second kappa shape index (κ2) is 5.18. The third-order valence-corrected chi connectivity index (χ3v) is 2.52. The molecule has 0 fully saturated rings. The molecule has 0 atom stereocenters. The summed E-state index contributed by atoms with van der Waals surface area (Å²) in [6, 6.07) is 5.75. The number of hydrogen-bond donors (Lipinski definition) is 0. The van der Waals surface area contributed by atoms with Gasteiger partial charge in [0.1, 0.15) is 12.4 Å². The van der Waals surface area contributed by atoms with Gasteiger partial charge in [0.2, 0.25) is 0 Å². The fourth-order valence-electron chi connectivity index (χ4n) is 1.27. The largest absolute Gasteiger partial charge is 0.294 e. The lowest BCUT2D eigenvalue weighted by Gasteiger charge is -2.24. The summed E-state index contributed by atoms with van der Waals surface area (Å²) in [5, 5.41) is 0. The summed E-state index contributed by atoms with van der Waals surface area (Å²) in [6.07, 6.45) is 0.338. The van der Waals surface area contributed by atoms with E-state index in [1.807, 2.05) is 14.1 Å². The lowest BCUT2D eigenvalue weighted by molar-refractivity contribution is -1.07. The van der Waals surface area contributed by atoms with Crippen LogP contribution in [0.4, 0.5) is 4.39 Å². The summed E-state index contributed by atoms with van der Waals surface area (Å²) >= 11 is 0. The van der Waals surface area contributed by atoms with Crippen molar-refractivity contribution in [1.29, 1.82) is 0 Å². The highest BCUT2D eigenvalue weighted by Crippen LogP contribution is 2.08. The SMILES string of the molecule is CO[N+](C)(C)CCC(=O)c1cccc(F)c1. The van der Waals surface area contributed by atoms with Gasteiger partial charge in [-0.2, -0.15) is 4.65 Å². The molecule has 3 nitrogen and oxygen atoms in total. The van der Waals surface area contributed by atoms with Crippen LogP contribution in [0.2, 0.25) is 0 Å². The van der Waals surface area contributed by atoms with E-state index in [9.17, 15) is 9.18 Å². The van der Waals surface area contributed by atoms with E-state index in [1.165, 1.54) is 12.1 Å². The quantitative estimate of drug-likeness (QED) is 0.436. The number of Topliss-reactive ketones (excluding diaryl/α,β-unsaturated/α-hetero) is 1. The molecule has 0 N–H and O–H groups in total. The van der Waals surface area contributed by atoms with Crippen LogP contribution in [0.1, 0.15) is 16.8 Å². The normalized spacial score (nSPS) is 11.5. The molecule has 0 saturated heterocycles. The Bertz CT molecular complexity index is 377. The first-order valence-corrected chi connectivity index (χ1v) is 5.12. The van der Waals surface area contributed by atoms with E-state index in [4.69, 9.17) is 4.84 Å². The Hall–Kier alpha value is -1.26. The molecule has 0 saturated carbocycles. The van der Waals surface area contributed by atoms with Gasteiger partial charge in [0, 0.05) is 5.56 Å². The number of ketones is 1. The van der Waals surface area contributed by atoms with Gasteiger partial charge in [-0.3, -0.25) is 4.79 Å². The van der Waals surface area contributed by atoms with Crippen molar-refractivity contribution in [3.8, 4) is 0 Å². The zero-order valence-electron chi connectivity index (χ0n) is 9.87. The van der Waals surface area contributed by atoms with Gasteiger partial charge in [-0.15, -0.1) is 0 Å². The van der Waals surface area contributed by atoms with Crippen LogP contribution in [0.15, 0.2) is 24.3 Å². The molecule has 0 bridgehead atoms. The van der Waals surface area contributed by atoms with E-state index in [1.54, 1.807) is 19.2 Å². The van der Waals surface area contributed by atoms with Gasteiger partial charge in [-0.25, -0.2) is 9.23 Å². The number of quaternary nitrogens is 1. The highest BCUT2D eigenvalue weighted by molar-refractivity contribution is 5.96. The number of rotatable bonds is 5. The Balaban J connectivity index is 2.60. The maximum absolute atomic E-state index is 12.9. The molecular weight excluding hydrogens is 209 g/mol. The van der Waals surface area contributed by atoms with E-state index in [0.717, 1.165) is 0 Å². The smallest absolute Gasteiger partial charge is 0.168 e.